The van der Waals surface area contributed by atoms with Gasteiger partial charge in [-0.2, -0.15) is 0 Å². The molecule has 0 radical (unpaired) electrons. The summed E-state index contributed by atoms with van der Waals surface area (Å²) in [4.78, 5) is 22.7. The molecule has 1 amide bonds. The summed E-state index contributed by atoms with van der Waals surface area (Å²) in [5.74, 6) is -0.313. The summed E-state index contributed by atoms with van der Waals surface area (Å²) < 4.78 is 0. The Morgan fingerprint density at radius 3 is 2.78 bits per heavy atom. The van der Waals surface area contributed by atoms with Crippen LogP contribution in [0.3, 0.4) is 0 Å². The number of nitro groups is 1. The van der Waals surface area contributed by atoms with Crippen molar-refractivity contribution in [1.82, 2.24) is 5.32 Å². The Bertz CT molecular complexity index is 776. The highest BCUT2D eigenvalue weighted by Crippen LogP contribution is 2.30. The SMILES string of the molecule is O=C(NC1CCCc2ccccc21)c1ccc([N+](=O)[O-])cc1Cl. The van der Waals surface area contributed by atoms with E-state index in [9.17, 15) is 14.9 Å². The van der Waals surface area contributed by atoms with Gasteiger partial charge < -0.3 is 5.32 Å². The van der Waals surface area contributed by atoms with Gasteiger partial charge in [-0.15, -0.1) is 0 Å². The molecule has 1 aliphatic rings. The molecule has 1 atom stereocenters. The number of fused-ring (bicyclic) bond motifs is 1. The van der Waals surface area contributed by atoms with E-state index in [0.29, 0.717) is 0 Å². The van der Waals surface area contributed by atoms with Gasteiger partial charge in [-0.05, 0) is 36.5 Å². The average molecular weight is 331 g/mol. The van der Waals surface area contributed by atoms with Crippen molar-refractivity contribution in [2.75, 3.05) is 0 Å². The van der Waals surface area contributed by atoms with Gasteiger partial charge in [0.05, 0.1) is 21.6 Å². The molecule has 1 N–H and O–H groups in total. The second kappa shape index (κ2) is 6.38. The molecule has 0 heterocycles. The van der Waals surface area contributed by atoms with Crippen molar-refractivity contribution in [3.63, 3.8) is 0 Å². The summed E-state index contributed by atoms with van der Waals surface area (Å²) in [6.45, 7) is 0. The van der Waals surface area contributed by atoms with Gasteiger partial charge in [0.15, 0.2) is 0 Å². The molecule has 0 fully saturated rings. The molecule has 0 aromatic heterocycles. The van der Waals surface area contributed by atoms with Crippen LogP contribution >= 0.6 is 11.6 Å². The predicted molar refractivity (Wildman–Crippen MR) is 87.7 cm³/mol. The molecule has 0 saturated heterocycles. The zero-order valence-electron chi connectivity index (χ0n) is 12.3. The first-order valence-electron chi connectivity index (χ1n) is 7.39. The Kier molecular flexibility index (Phi) is 4.30. The van der Waals surface area contributed by atoms with Gasteiger partial charge in [0.2, 0.25) is 0 Å². The van der Waals surface area contributed by atoms with Gasteiger partial charge in [-0.25, -0.2) is 0 Å². The minimum absolute atomic E-state index is 0.0568. The monoisotopic (exact) mass is 330 g/mol. The normalized spacial score (nSPS) is 16.5. The van der Waals surface area contributed by atoms with E-state index < -0.39 is 4.92 Å². The van der Waals surface area contributed by atoms with Crippen LogP contribution in [-0.2, 0) is 6.42 Å². The topological polar surface area (TPSA) is 72.2 Å². The van der Waals surface area contributed by atoms with Crippen LogP contribution < -0.4 is 5.32 Å². The lowest BCUT2D eigenvalue weighted by Crippen LogP contribution is -2.31. The fourth-order valence-corrected chi connectivity index (χ4v) is 3.20. The Balaban J connectivity index is 1.82. The van der Waals surface area contributed by atoms with Crippen molar-refractivity contribution < 1.29 is 9.72 Å². The van der Waals surface area contributed by atoms with Crippen molar-refractivity contribution in [1.29, 1.82) is 0 Å². The lowest BCUT2D eigenvalue weighted by atomic mass is 9.87. The fraction of sp³-hybridized carbons (Fsp3) is 0.235. The van der Waals surface area contributed by atoms with Crippen molar-refractivity contribution in [2.24, 2.45) is 0 Å². The van der Waals surface area contributed by atoms with Gasteiger partial charge in [0, 0.05) is 12.1 Å². The van der Waals surface area contributed by atoms with Crippen LogP contribution in [0.5, 0.6) is 0 Å². The van der Waals surface area contributed by atoms with Crippen molar-refractivity contribution >= 4 is 23.2 Å². The minimum atomic E-state index is -0.537. The lowest BCUT2D eigenvalue weighted by Gasteiger charge is -2.26. The molecular formula is C17H15ClN2O3. The standard InChI is InChI=1S/C17H15ClN2O3/c18-15-10-12(20(22)23)8-9-14(15)17(21)19-16-7-3-5-11-4-1-2-6-13(11)16/h1-2,4,6,8-10,16H,3,5,7H2,(H,19,21). The maximum atomic E-state index is 12.5. The maximum Gasteiger partial charge on any atom is 0.270 e. The average Bonchev–Trinajstić information content (AvgIpc) is 2.55. The summed E-state index contributed by atoms with van der Waals surface area (Å²) in [7, 11) is 0. The molecule has 0 saturated carbocycles. The number of nitro benzene ring substituents is 1. The van der Waals surface area contributed by atoms with E-state index in [-0.39, 0.29) is 28.2 Å². The number of amides is 1. The number of nitrogens with zero attached hydrogens (tertiary/aromatic N) is 1. The van der Waals surface area contributed by atoms with Gasteiger partial charge >= 0.3 is 0 Å². The number of hydrogen-bond acceptors (Lipinski definition) is 3. The maximum absolute atomic E-state index is 12.5. The smallest absolute Gasteiger partial charge is 0.270 e. The van der Waals surface area contributed by atoms with Crippen LogP contribution in [0.25, 0.3) is 0 Å². The first-order valence-corrected chi connectivity index (χ1v) is 7.76. The first kappa shape index (κ1) is 15.5. The van der Waals surface area contributed by atoms with E-state index >= 15 is 0 Å². The number of nitrogens with one attached hydrogen (secondary N) is 1. The zero-order chi connectivity index (χ0) is 16.4. The molecule has 23 heavy (non-hydrogen) atoms. The summed E-state index contributed by atoms with van der Waals surface area (Å²) in [6, 6.07) is 11.9. The summed E-state index contributed by atoms with van der Waals surface area (Å²) in [5, 5.41) is 13.8. The highest BCUT2D eigenvalue weighted by atomic mass is 35.5. The quantitative estimate of drug-likeness (QED) is 0.681. The molecule has 2 aromatic rings. The molecule has 6 heteroatoms. The molecule has 0 aliphatic heterocycles. The Morgan fingerprint density at radius 2 is 2.04 bits per heavy atom. The van der Waals surface area contributed by atoms with Crippen LogP contribution in [0, 0.1) is 10.1 Å². The first-order chi connectivity index (χ1) is 11.1. The van der Waals surface area contributed by atoms with Crippen LogP contribution in [0.2, 0.25) is 5.02 Å². The predicted octanol–water partition coefficient (Wildman–Crippen LogP) is 4.06. The minimum Gasteiger partial charge on any atom is -0.345 e. The highest BCUT2D eigenvalue weighted by Gasteiger charge is 2.23. The summed E-state index contributed by atoms with van der Waals surface area (Å²) in [5.41, 5.74) is 2.50. The molecule has 118 valence electrons. The van der Waals surface area contributed by atoms with E-state index in [2.05, 4.69) is 11.4 Å². The number of aryl methyl sites for hydroxylation is 1. The van der Waals surface area contributed by atoms with Crippen LogP contribution in [0.1, 0.15) is 40.4 Å². The molecule has 1 aliphatic carbocycles. The van der Waals surface area contributed by atoms with Crippen LogP contribution in [0.15, 0.2) is 42.5 Å². The molecule has 2 aromatic carbocycles. The number of non-ortho nitro benzene ring substituents is 1. The number of carbonyl (C=O) groups excluding carboxylic acids is 1. The third-order valence-electron chi connectivity index (χ3n) is 4.08. The number of halogens is 1. The number of benzene rings is 2. The third-order valence-corrected chi connectivity index (χ3v) is 4.40. The molecule has 0 spiro atoms. The van der Waals surface area contributed by atoms with E-state index in [1.165, 1.54) is 23.8 Å². The Hall–Kier alpha value is -2.40. The van der Waals surface area contributed by atoms with E-state index in [1.54, 1.807) is 0 Å². The van der Waals surface area contributed by atoms with Crippen molar-refractivity contribution in [2.45, 2.75) is 25.3 Å². The number of rotatable bonds is 3. The molecular weight excluding hydrogens is 316 g/mol. The van der Waals surface area contributed by atoms with E-state index in [1.807, 2.05) is 18.2 Å². The summed E-state index contributed by atoms with van der Waals surface area (Å²) >= 11 is 6.02. The highest BCUT2D eigenvalue weighted by molar-refractivity contribution is 6.34. The van der Waals surface area contributed by atoms with Gasteiger partial charge in [-0.1, -0.05) is 35.9 Å². The molecule has 5 nitrogen and oxygen atoms in total. The second-order valence-corrected chi connectivity index (χ2v) is 5.95. The largest absolute Gasteiger partial charge is 0.345 e. The Labute approximate surface area is 138 Å². The Morgan fingerprint density at radius 1 is 1.26 bits per heavy atom. The fourth-order valence-electron chi connectivity index (χ4n) is 2.94. The zero-order valence-corrected chi connectivity index (χ0v) is 13.0. The van der Waals surface area contributed by atoms with Crippen LogP contribution in [-0.4, -0.2) is 10.8 Å². The number of hydrogen-bond donors (Lipinski definition) is 1. The third kappa shape index (κ3) is 3.19. The van der Waals surface area contributed by atoms with E-state index in [0.717, 1.165) is 24.8 Å². The van der Waals surface area contributed by atoms with Crippen molar-refractivity contribution in [3.05, 3.63) is 74.3 Å². The van der Waals surface area contributed by atoms with Gasteiger partial charge in [0.25, 0.3) is 11.6 Å². The number of carbonyl (C=O) groups is 1. The lowest BCUT2D eigenvalue weighted by molar-refractivity contribution is -0.384. The van der Waals surface area contributed by atoms with Gasteiger partial charge in [-0.3, -0.25) is 14.9 Å². The molecule has 1 unspecified atom stereocenters. The second-order valence-electron chi connectivity index (χ2n) is 5.54. The van der Waals surface area contributed by atoms with E-state index in [4.69, 9.17) is 11.6 Å². The molecule has 3 rings (SSSR count). The van der Waals surface area contributed by atoms with Crippen molar-refractivity contribution in [3.8, 4) is 0 Å². The van der Waals surface area contributed by atoms with Crippen LogP contribution in [0.4, 0.5) is 5.69 Å². The summed E-state index contributed by atoms with van der Waals surface area (Å²) in [6.07, 6.45) is 2.89. The molecule has 0 bridgehead atoms. The van der Waals surface area contributed by atoms with Gasteiger partial charge in [0.1, 0.15) is 0 Å².